The molecule has 0 saturated carbocycles. The average Bonchev–Trinajstić information content (AvgIpc) is 2.73. The van der Waals surface area contributed by atoms with E-state index in [0.29, 0.717) is 17.4 Å². The van der Waals surface area contributed by atoms with Crippen LogP contribution < -0.4 is 0 Å². The molecule has 1 heterocycles. The highest BCUT2D eigenvalue weighted by molar-refractivity contribution is 14.1. The van der Waals surface area contributed by atoms with Gasteiger partial charge in [-0.25, -0.2) is 4.98 Å². The van der Waals surface area contributed by atoms with Gasteiger partial charge in [-0.05, 0) is 40.8 Å². The summed E-state index contributed by atoms with van der Waals surface area (Å²) in [5.74, 6) is 2.91. The van der Waals surface area contributed by atoms with Gasteiger partial charge in [-0.2, -0.15) is 0 Å². The van der Waals surface area contributed by atoms with Crippen LogP contribution in [0.5, 0.6) is 0 Å². The number of nitrogens with zero attached hydrogens (tertiary/aromatic N) is 2. The van der Waals surface area contributed by atoms with Crippen molar-refractivity contribution in [1.82, 2.24) is 9.55 Å². The highest BCUT2D eigenvalue weighted by Gasteiger charge is 2.11. The third kappa shape index (κ3) is 3.70. The minimum Gasteiger partial charge on any atom is -0.327 e. The van der Waals surface area contributed by atoms with Crippen molar-refractivity contribution in [1.29, 1.82) is 0 Å². The third-order valence-electron chi connectivity index (χ3n) is 2.97. The second-order valence-electron chi connectivity index (χ2n) is 4.18. The number of alkyl halides is 1. The molecule has 1 aromatic carbocycles. The SMILES string of the molecule is CCS(=O)CCn1c(CCCl)nc2cc(I)ccc21. The maximum absolute atomic E-state index is 11.6. The van der Waals surface area contributed by atoms with E-state index in [0.717, 1.165) is 29.8 Å². The Morgan fingerprint density at radius 2 is 2.26 bits per heavy atom. The molecule has 0 saturated heterocycles. The summed E-state index contributed by atoms with van der Waals surface area (Å²) in [4.78, 5) is 4.64. The molecule has 1 atom stereocenters. The molecule has 0 fully saturated rings. The summed E-state index contributed by atoms with van der Waals surface area (Å²) in [5.41, 5.74) is 2.10. The molecule has 0 bridgehead atoms. The lowest BCUT2D eigenvalue weighted by atomic mass is 10.3. The van der Waals surface area contributed by atoms with Gasteiger partial charge < -0.3 is 4.57 Å². The number of aromatic nitrogens is 2. The molecule has 2 rings (SSSR count). The number of aryl methyl sites for hydroxylation is 2. The molecular weight excluding hydrogens is 395 g/mol. The van der Waals surface area contributed by atoms with E-state index in [1.807, 2.05) is 6.92 Å². The molecule has 0 amide bonds. The predicted octanol–water partition coefficient (Wildman–Crippen LogP) is 3.19. The molecule has 2 aromatic rings. The number of fused-ring (bicyclic) bond motifs is 1. The Morgan fingerprint density at radius 1 is 1.47 bits per heavy atom. The molecule has 0 aliphatic carbocycles. The summed E-state index contributed by atoms with van der Waals surface area (Å²) in [6.07, 6.45) is 0.742. The number of halogens is 2. The lowest BCUT2D eigenvalue weighted by Gasteiger charge is -2.07. The molecule has 6 heteroatoms. The normalized spacial score (nSPS) is 13.0. The molecule has 0 aliphatic heterocycles. The van der Waals surface area contributed by atoms with Gasteiger partial charge in [-0.3, -0.25) is 4.21 Å². The van der Waals surface area contributed by atoms with Crippen molar-refractivity contribution in [2.45, 2.75) is 19.9 Å². The Bertz CT molecular complexity index is 600. The van der Waals surface area contributed by atoms with Gasteiger partial charge in [0, 0.05) is 44.7 Å². The number of benzene rings is 1. The zero-order valence-corrected chi connectivity index (χ0v) is 14.5. The molecule has 0 aliphatic rings. The van der Waals surface area contributed by atoms with Gasteiger partial charge >= 0.3 is 0 Å². The third-order valence-corrected chi connectivity index (χ3v) is 5.11. The molecule has 1 unspecified atom stereocenters. The van der Waals surface area contributed by atoms with Gasteiger partial charge in [0.25, 0.3) is 0 Å². The highest BCUT2D eigenvalue weighted by atomic mass is 127. The minimum absolute atomic E-state index is 0.553. The van der Waals surface area contributed by atoms with E-state index in [1.165, 1.54) is 3.57 Å². The maximum Gasteiger partial charge on any atom is 0.111 e. The van der Waals surface area contributed by atoms with Crippen LogP contribution in [-0.4, -0.2) is 31.1 Å². The summed E-state index contributed by atoms with van der Waals surface area (Å²) >= 11 is 8.13. The van der Waals surface area contributed by atoms with E-state index in [2.05, 4.69) is 50.3 Å². The van der Waals surface area contributed by atoms with Crippen molar-refractivity contribution in [3.8, 4) is 0 Å². The van der Waals surface area contributed by atoms with Crippen molar-refractivity contribution in [2.24, 2.45) is 0 Å². The monoisotopic (exact) mass is 410 g/mol. The molecule has 0 radical (unpaired) electrons. The van der Waals surface area contributed by atoms with E-state index in [9.17, 15) is 4.21 Å². The zero-order valence-electron chi connectivity index (χ0n) is 10.7. The molecule has 104 valence electrons. The minimum atomic E-state index is -0.754. The first-order valence-electron chi connectivity index (χ1n) is 6.21. The first-order valence-corrected chi connectivity index (χ1v) is 9.31. The quantitative estimate of drug-likeness (QED) is 0.541. The zero-order chi connectivity index (χ0) is 13.8. The van der Waals surface area contributed by atoms with Crippen LogP contribution >= 0.6 is 34.2 Å². The first-order chi connectivity index (χ1) is 9.15. The van der Waals surface area contributed by atoms with E-state index < -0.39 is 10.8 Å². The fourth-order valence-corrected chi connectivity index (χ4v) is 3.33. The van der Waals surface area contributed by atoms with Crippen LogP contribution in [0.2, 0.25) is 0 Å². The van der Waals surface area contributed by atoms with Gasteiger partial charge in [0.05, 0.1) is 11.0 Å². The maximum atomic E-state index is 11.6. The first kappa shape index (κ1) is 15.3. The molecule has 3 nitrogen and oxygen atoms in total. The van der Waals surface area contributed by atoms with Crippen molar-refractivity contribution in [3.05, 3.63) is 27.6 Å². The molecule has 19 heavy (non-hydrogen) atoms. The Kier molecular flexibility index (Phi) is 5.65. The van der Waals surface area contributed by atoms with Gasteiger partial charge in [0.2, 0.25) is 0 Å². The second kappa shape index (κ2) is 7.04. The average molecular weight is 411 g/mol. The summed E-state index contributed by atoms with van der Waals surface area (Å²) in [6, 6.07) is 6.22. The molecule has 0 spiro atoms. The van der Waals surface area contributed by atoms with Gasteiger partial charge in [-0.15, -0.1) is 11.6 Å². The number of rotatable bonds is 6. The lowest BCUT2D eigenvalue weighted by Crippen LogP contribution is -2.12. The molecular formula is C13H16ClIN2OS. The fourth-order valence-electron chi connectivity index (χ4n) is 2.02. The Labute approximate surface area is 134 Å². The van der Waals surface area contributed by atoms with E-state index in [1.54, 1.807) is 0 Å². The molecule has 1 aromatic heterocycles. The largest absolute Gasteiger partial charge is 0.327 e. The van der Waals surface area contributed by atoms with E-state index in [-0.39, 0.29) is 0 Å². The van der Waals surface area contributed by atoms with Crippen LogP contribution in [0.25, 0.3) is 11.0 Å². The topological polar surface area (TPSA) is 34.9 Å². The van der Waals surface area contributed by atoms with Crippen molar-refractivity contribution in [2.75, 3.05) is 17.4 Å². The predicted molar refractivity (Wildman–Crippen MR) is 90.4 cm³/mol. The number of hydrogen-bond acceptors (Lipinski definition) is 2. The van der Waals surface area contributed by atoms with Crippen LogP contribution in [0.1, 0.15) is 12.7 Å². The molecule has 0 N–H and O–H groups in total. The van der Waals surface area contributed by atoms with Gasteiger partial charge in [0.15, 0.2) is 0 Å². The summed E-state index contributed by atoms with van der Waals surface area (Å²) < 4.78 is 14.9. The van der Waals surface area contributed by atoms with Crippen LogP contribution in [0.4, 0.5) is 0 Å². The van der Waals surface area contributed by atoms with Crippen molar-refractivity contribution >= 4 is 56.0 Å². The smallest absolute Gasteiger partial charge is 0.111 e. The van der Waals surface area contributed by atoms with Crippen LogP contribution in [0.15, 0.2) is 18.2 Å². The lowest BCUT2D eigenvalue weighted by molar-refractivity contribution is 0.671. The Hall–Kier alpha value is -0.140. The van der Waals surface area contributed by atoms with Crippen molar-refractivity contribution < 1.29 is 4.21 Å². The van der Waals surface area contributed by atoms with Crippen molar-refractivity contribution in [3.63, 3.8) is 0 Å². The standard InChI is InChI=1S/C13H16ClIN2OS/c1-2-19(18)8-7-17-12-4-3-10(15)9-11(12)16-13(17)5-6-14/h3-4,9H,2,5-8H2,1H3. The van der Waals surface area contributed by atoms with Crippen LogP contribution in [0.3, 0.4) is 0 Å². The summed E-state index contributed by atoms with van der Waals surface area (Å²) in [6.45, 7) is 2.69. The Balaban J connectivity index is 2.37. The van der Waals surface area contributed by atoms with Gasteiger partial charge in [0.1, 0.15) is 5.82 Å². The van der Waals surface area contributed by atoms with E-state index in [4.69, 9.17) is 11.6 Å². The summed E-state index contributed by atoms with van der Waals surface area (Å²) in [7, 11) is -0.754. The number of imidazole rings is 1. The fraction of sp³-hybridized carbons (Fsp3) is 0.462. The van der Waals surface area contributed by atoms with Crippen LogP contribution in [0, 0.1) is 3.57 Å². The summed E-state index contributed by atoms with van der Waals surface area (Å²) in [5, 5.41) is 0. The van der Waals surface area contributed by atoms with Crippen LogP contribution in [-0.2, 0) is 23.8 Å². The number of hydrogen-bond donors (Lipinski definition) is 0. The highest BCUT2D eigenvalue weighted by Crippen LogP contribution is 2.19. The Morgan fingerprint density at radius 3 is 2.95 bits per heavy atom. The van der Waals surface area contributed by atoms with E-state index >= 15 is 0 Å². The second-order valence-corrected chi connectivity index (χ2v) is 7.67. The van der Waals surface area contributed by atoms with Gasteiger partial charge in [-0.1, -0.05) is 6.92 Å².